The molecule has 0 atom stereocenters. The molecule has 3 aromatic rings. The molecule has 0 bridgehead atoms. The van der Waals surface area contributed by atoms with Crippen LogP contribution in [0.5, 0.6) is 0 Å². The first-order valence-corrected chi connectivity index (χ1v) is 7.06. The second-order valence-electron chi connectivity index (χ2n) is 3.73. The number of nitrogens with one attached hydrogen (secondary N) is 1. The summed E-state index contributed by atoms with van der Waals surface area (Å²) in [6.07, 6.45) is 1.72. The zero-order valence-corrected chi connectivity index (χ0v) is 12.8. The van der Waals surface area contributed by atoms with E-state index < -0.39 is 0 Å². The number of aromatic amines is 1. The summed E-state index contributed by atoms with van der Waals surface area (Å²) < 4.78 is 1.86. The fourth-order valence-electron chi connectivity index (χ4n) is 1.68. The molecule has 2 heterocycles. The highest BCUT2D eigenvalue weighted by molar-refractivity contribution is 9.10. The van der Waals surface area contributed by atoms with Gasteiger partial charge in [0.15, 0.2) is 5.65 Å². The number of halogens is 3. The molecular formula is C12H6Br2ClN3. The number of hydrogen-bond acceptors (Lipinski definition) is 2. The fourth-order valence-corrected chi connectivity index (χ4v) is 2.58. The monoisotopic (exact) mass is 385 g/mol. The molecule has 0 fully saturated rings. The van der Waals surface area contributed by atoms with Crippen LogP contribution < -0.4 is 0 Å². The van der Waals surface area contributed by atoms with Crippen molar-refractivity contribution in [2.24, 2.45) is 0 Å². The van der Waals surface area contributed by atoms with Gasteiger partial charge in [-0.1, -0.05) is 27.5 Å². The van der Waals surface area contributed by atoms with E-state index >= 15 is 0 Å². The maximum Gasteiger partial charge on any atom is 0.178 e. The third-order valence-corrected chi connectivity index (χ3v) is 3.74. The number of fused-ring (bicyclic) bond motifs is 1. The van der Waals surface area contributed by atoms with Gasteiger partial charge in [0.25, 0.3) is 0 Å². The lowest BCUT2D eigenvalue weighted by Crippen LogP contribution is -1.82. The average Bonchev–Trinajstić information content (AvgIpc) is 2.74. The van der Waals surface area contributed by atoms with E-state index in [0.717, 1.165) is 20.0 Å². The summed E-state index contributed by atoms with van der Waals surface area (Å²) in [6, 6.07) is 7.58. The molecule has 1 aromatic carbocycles. The van der Waals surface area contributed by atoms with Crippen LogP contribution in [0, 0.1) is 0 Å². The summed E-state index contributed by atoms with van der Waals surface area (Å²) >= 11 is 13.0. The molecule has 3 rings (SSSR count). The first-order chi connectivity index (χ1) is 8.63. The number of nitrogens with zero attached hydrogens (tertiary/aromatic N) is 2. The summed E-state index contributed by atoms with van der Waals surface area (Å²) in [5.74, 6) is 0.710. The van der Waals surface area contributed by atoms with E-state index in [1.54, 1.807) is 6.20 Å². The zero-order chi connectivity index (χ0) is 12.7. The molecule has 1 N–H and O–H groups in total. The maximum atomic E-state index is 6.18. The SMILES string of the molecule is Clc1ccc(Br)cc1-c1nc2ncc(Br)cc2[nH]1. The lowest BCUT2D eigenvalue weighted by Gasteiger charge is -2.00. The Bertz CT molecular complexity index is 739. The molecule has 3 nitrogen and oxygen atoms in total. The van der Waals surface area contributed by atoms with Crippen LogP contribution in [-0.4, -0.2) is 15.0 Å². The van der Waals surface area contributed by atoms with Crippen LogP contribution in [0.4, 0.5) is 0 Å². The summed E-state index contributed by atoms with van der Waals surface area (Å²) in [4.78, 5) is 11.9. The van der Waals surface area contributed by atoms with Crippen molar-refractivity contribution in [3.8, 4) is 11.4 Å². The van der Waals surface area contributed by atoms with Crippen LogP contribution in [0.25, 0.3) is 22.6 Å². The van der Waals surface area contributed by atoms with E-state index in [-0.39, 0.29) is 0 Å². The Balaban J connectivity index is 2.22. The molecule has 0 amide bonds. The predicted octanol–water partition coefficient (Wildman–Crippen LogP) is 4.80. The number of pyridine rings is 1. The molecule has 0 aliphatic carbocycles. The highest BCUT2D eigenvalue weighted by Crippen LogP contribution is 2.30. The largest absolute Gasteiger partial charge is 0.336 e. The minimum atomic E-state index is 0.649. The first-order valence-electron chi connectivity index (χ1n) is 5.10. The minimum absolute atomic E-state index is 0.649. The van der Waals surface area contributed by atoms with Crippen molar-refractivity contribution in [1.82, 2.24) is 15.0 Å². The van der Waals surface area contributed by atoms with Gasteiger partial charge < -0.3 is 4.98 Å². The molecule has 0 aliphatic heterocycles. The lowest BCUT2D eigenvalue weighted by molar-refractivity contribution is 1.29. The molecule has 2 aromatic heterocycles. The quantitative estimate of drug-likeness (QED) is 0.651. The zero-order valence-electron chi connectivity index (χ0n) is 8.92. The highest BCUT2D eigenvalue weighted by Gasteiger charge is 2.10. The van der Waals surface area contributed by atoms with Gasteiger partial charge in [-0.25, -0.2) is 9.97 Å². The van der Waals surface area contributed by atoms with Crippen molar-refractivity contribution >= 4 is 54.6 Å². The topological polar surface area (TPSA) is 41.6 Å². The van der Waals surface area contributed by atoms with Crippen molar-refractivity contribution in [2.75, 3.05) is 0 Å². The van der Waals surface area contributed by atoms with Gasteiger partial charge in [-0.15, -0.1) is 0 Å². The molecule has 0 radical (unpaired) electrons. The van der Waals surface area contributed by atoms with Gasteiger partial charge in [-0.05, 0) is 40.2 Å². The molecule has 0 saturated heterocycles. The highest BCUT2D eigenvalue weighted by atomic mass is 79.9. The maximum absolute atomic E-state index is 6.18. The van der Waals surface area contributed by atoms with Gasteiger partial charge in [0.1, 0.15) is 5.82 Å². The number of aromatic nitrogens is 3. The number of benzene rings is 1. The molecule has 0 spiro atoms. The van der Waals surface area contributed by atoms with Gasteiger partial charge in [0.05, 0.1) is 10.5 Å². The van der Waals surface area contributed by atoms with Crippen LogP contribution in [0.1, 0.15) is 0 Å². The summed E-state index contributed by atoms with van der Waals surface area (Å²) in [5, 5.41) is 0.649. The molecule has 0 unspecified atom stereocenters. The number of imidazole rings is 1. The van der Waals surface area contributed by atoms with E-state index in [4.69, 9.17) is 11.6 Å². The van der Waals surface area contributed by atoms with Crippen LogP contribution in [0.15, 0.2) is 39.4 Å². The number of rotatable bonds is 1. The van der Waals surface area contributed by atoms with E-state index in [0.29, 0.717) is 16.5 Å². The molecule has 90 valence electrons. The van der Waals surface area contributed by atoms with Gasteiger partial charge in [0.2, 0.25) is 0 Å². The van der Waals surface area contributed by atoms with Crippen LogP contribution in [0.3, 0.4) is 0 Å². The predicted molar refractivity (Wildman–Crippen MR) is 79.7 cm³/mol. The third kappa shape index (κ3) is 2.18. The summed E-state index contributed by atoms with van der Waals surface area (Å²) in [6.45, 7) is 0. The van der Waals surface area contributed by atoms with Crippen LogP contribution in [0.2, 0.25) is 5.02 Å². The Morgan fingerprint density at radius 2 is 1.94 bits per heavy atom. The van der Waals surface area contributed by atoms with E-state index in [2.05, 4.69) is 46.8 Å². The van der Waals surface area contributed by atoms with Crippen molar-refractivity contribution in [3.05, 3.63) is 44.4 Å². The van der Waals surface area contributed by atoms with Crippen molar-refractivity contribution in [3.63, 3.8) is 0 Å². The molecule has 18 heavy (non-hydrogen) atoms. The van der Waals surface area contributed by atoms with Crippen molar-refractivity contribution in [2.45, 2.75) is 0 Å². The Morgan fingerprint density at radius 3 is 2.78 bits per heavy atom. The van der Waals surface area contributed by atoms with Crippen LogP contribution >= 0.6 is 43.5 Å². The second-order valence-corrected chi connectivity index (χ2v) is 5.97. The summed E-state index contributed by atoms with van der Waals surface area (Å²) in [7, 11) is 0. The van der Waals surface area contributed by atoms with Crippen molar-refractivity contribution in [1.29, 1.82) is 0 Å². The van der Waals surface area contributed by atoms with Gasteiger partial charge in [-0.3, -0.25) is 0 Å². The summed E-state index contributed by atoms with van der Waals surface area (Å²) in [5.41, 5.74) is 2.39. The second kappa shape index (κ2) is 4.64. The molecule has 6 heteroatoms. The Hall–Kier alpha value is -0.910. The first kappa shape index (κ1) is 12.1. The smallest absolute Gasteiger partial charge is 0.178 e. The lowest BCUT2D eigenvalue weighted by atomic mass is 10.2. The molecular weight excluding hydrogens is 381 g/mol. The minimum Gasteiger partial charge on any atom is -0.336 e. The number of hydrogen-bond donors (Lipinski definition) is 1. The van der Waals surface area contributed by atoms with Crippen LogP contribution in [-0.2, 0) is 0 Å². The van der Waals surface area contributed by atoms with Gasteiger partial charge in [0, 0.05) is 20.7 Å². The third-order valence-electron chi connectivity index (χ3n) is 2.49. The average molecular weight is 387 g/mol. The fraction of sp³-hybridized carbons (Fsp3) is 0. The Labute approximate surface area is 125 Å². The van der Waals surface area contributed by atoms with Gasteiger partial charge >= 0.3 is 0 Å². The van der Waals surface area contributed by atoms with Gasteiger partial charge in [-0.2, -0.15) is 0 Å². The number of H-pyrrole nitrogens is 1. The Kier molecular flexibility index (Phi) is 3.13. The Morgan fingerprint density at radius 1 is 1.11 bits per heavy atom. The van der Waals surface area contributed by atoms with Crippen molar-refractivity contribution < 1.29 is 0 Å². The molecule has 0 saturated carbocycles. The molecule has 0 aliphatic rings. The van der Waals surface area contributed by atoms with E-state index in [1.165, 1.54) is 0 Å². The van der Waals surface area contributed by atoms with E-state index in [9.17, 15) is 0 Å². The normalized spacial score (nSPS) is 11.1. The van der Waals surface area contributed by atoms with E-state index in [1.807, 2.05) is 24.3 Å². The standard InChI is InChI=1S/C12H6Br2ClN3/c13-6-1-2-9(15)8(3-6)11-17-10-4-7(14)5-16-12(10)18-11/h1-5H,(H,16,17,18).